The molecule has 1 aromatic heterocycles. The second kappa shape index (κ2) is 6.28. The molecule has 0 unspecified atom stereocenters. The van der Waals surface area contributed by atoms with E-state index < -0.39 is 0 Å². The first-order chi connectivity index (χ1) is 10.8. The predicted molar refractivity (Wildman–Crippen MR) is 89.6 cm³/mol. The summed E-state index contributed by atoms with van der Waals surface area (Å²) in [5, 5.41) is 13.9. The quantitative estimate of drug-likeness (QED) is 0.758. The van der Waals surface area contributed by atoms with Gasteiger partial charge in [-0.05, 0) is 18.1 Å². The first kappa shape index (κ1) is 14.1. The van der Waals surface area contributed by atoms with Crippen LogP contribution in [0.1, 0.15) is 30.5 Å². The van der Waals surface area contributed by atoms with Gasteiger partial charge in [0.05, 0.1) is 22.8 Å². The number of nitrogens with one attached hydrogen (secondary N) is 1. The third-order valence-corrected chi connectivity index (χ3v) is 3.82. The van der Waals surface area contributed by atoms with Crippen LogP contribution in [0.5, 0.6) is 0 Å². The Balaban J connectivity index is 2.07. The maximum atomic E-state index is 9.40. The molecule has 3 rings (SSSR count). The second-order valence-corrected chi connectivity index (χ2v) is 5.19. The van der Waals surface area contributed by atoms with E-state index in [9.17, 15) is 5.26 Å². The van der Waals surface area contributed by atoms with Crippen molar-refractivity contribution in [2.45, 2.75) is 19.4 Å². The van der Waals surface area contributed by atoms with Crippen LogP contribution in [0.25, 0.3) is 10.9 Å². The molecule has 22 heavy (non-hydrogen) atoms. The Labute approximate surface area is 130 Å². The number of hydrogen-bond donors (Lipinski definition) is 1. The lowest BCUT2D eigenvalue weighted by molar-refractivity contribution is 0.750. The van der Waals surface area contributed by atoms with Crippen LogP contribution in [0.3, 0.4) is 0 Å². The van der Waals surface area contributed by atoms with Gasteiger partial charge in [0, 0.05) is 11.6 Å². The van der Waals surface area contributed by atoms with E-state index in [0.717, 1.165) is 23.0 Å². The van der Waals surface area contributed by atoms with Gasteiger partial charge in [0.2, 0.25) is 0 Å². The Bertz CT molecular complexity index is 819. The Morgan fingerprint density at radius 1 is 1.09 bits per heavy atom. The fourth-order valence-corrected chi connectivity index (χ4v) is 2.66. The molecular formula is C19H17N3. The van der Waals surface area contributed by atoms with Crippen LogP contribution in [-0.4, -0.2) is 4.98 Å². The van der Waals surface area contributed by atoms with Crippen molar-refractivity contribution in [3.8, 4) is 6.07 Å². The number of nitriles is 1. The topological polar surface area (TPSA) is 48.7 Å². The van der Waals surface area contributed by atoms with Crippen LogP contribution in [0.2, 0.25) is 0 Å². The van der Waals surface area contributed by atoms with Crippen LogP contribution in [-0.2, 0) is 0 Å². The highest BCUT2D eigenvalue weighted by Gasteiger charge is 2.14. The molecule has 0 radical (unpaired) electrons. The highest BCUT2D eigenvalue weighted by Crippen LogP contribution is 2.30. The fraction of sp³-hybridized carbons (Fsp3) is 0.158. The molecule has 3 aromatic rings. The molecule has 108 valence electrons. The number of hydrogen-bond acceptors (Lipinski definition) is 3. The normalized spacial score (nSPS) is 11.8. The molecule has 0 saturated carbocycles. The van der Waals surface area contributed by atoms with Crippen molar-refractivity contribution in [2.75, 3.05) is 5.32 Å². The van der Waals surface area contributed by atoms with Crippen LogP contribution in [0.4, 0.5) is 5.69 Å². The molecule has 3 nitrogen and oxygen atoms in total. The molecule has 0 fully saturated rings. The molecule has 0 spiro atoms. The first-order valence-electron chi connectivity index (χ1n) is 7.42. The van der Waals surface area contributed by atoms with Crippen LogP contribution in [0, 0.1) is 11.3 Å². The minimum absolute atomic E-state index is 0.166. The van der Waals surface area contributed by atoms with E-state index in [2.05, 4.69) is 35.4 Å². The van der Waals surface area contributed by atoms with Crippen molar-refractivity contribution >= 4 is 16.6 Å². The van der Waals surface area contributed by atoms with Crippen molar-refractivity contribution < 1.29 is 0 Å². The number of fused-ring (bicyclic) bond motifs is 1. The maximum absolute atomic E-state index is 9.40. The molecule has 0 aliphatic heterocycles. The standard InChI is InChI=1S/C19H17N3/c1-2-17(14-8-4-3-5-9-14)22-19-15(12-20)13-21-18-11-7-6-10-16(18)19/h3-11,13,17H,2H2,1H3,(H,21,22)/t17-/m1/s1. The predicted octanol–water partition coefficient (Wildman–Crippen LogP) is 4.67. The van der Waals surface area contributed by atoms with Gasteiger partial charge in [0.1, 0.15) is 6.07 Å². The zero-order chi connectivity index (χ0) is 15.4. The van der Waals surface area contributed by atoms with E-state index in [0.29, 0.717) is 5.56 Å². The minimum atomic E-state index is 0.166. The Morgan fingerprint density at radius 3 is 2.55 bits per heavy atom. The van der Waals surface area contributed by atoms with Crippen molar-refractivity contribution in [3.63, 3.8) is 0 Å². The van der Waals surface area contributed by atoms with Gasteiger partial charge in [0.15, 0.2) is 0 Å². The number of rotatable bonds is 4. The highest BCUT2D eigenvalue weighted by atomic mass is 14.9. The highest BCUT2D eigenvalue weighted by molar-refractivity contribution is 5.94. The second-order valence-electron chi connectivity index (χ2n) is 5.19. The third kappa shape index (κ3) is 2.64. The van der Waals surface area contributed by atoms with E-state index in [1.807, 2.05) is 42.5 Å². The lowest BCUT2D eigenvalue weighted by Crippen LogP contribution is -2.11. The maximum Gasteiger partial charge on any atom is 0.103 e. The van der Waals surface area contributed by atoms with Gasteiger partial charge in [-0.15, -0.1) is 0 Å². The van der Waals surface area contributed by atoms with Gasteiger partial charge in [0.25, 0.3) is 0 Å². The summed E-state index contributed by atoms with van der Waals surface area (Å²) in [5.74, 6) is 0. The van der Waals surface area contributed by atoms with Crippen LogP contribution < -0.4 is 5.32 Å². The van der Waals surface area contributed by atoms with Crippen molar-refractivity contribution in [1.29, 1.82) is 5.26 Å². The molecule has 0 amide bonds. The number of aromatic nitrogens is 1. The number of para-hydroxylation sites is 1. The van der Waals surface area contributed by atoms with Gasteiger partial charge in [-0.3, -0.25) is 4.98 Å². The number of pyridine rings is 1. The lowest BCUT2D eigenvalue weighted by Gasteiger charge is -2.20. The molecule has 0 aliphatic carbocycles. The van der Waals surface area contributed by atoms with Crippen molar-refractivity contribution in [2.24, 2.45) is 0 Å². The van der Waals surface area contributed by atoms with Crippen LogP contribution in [0.15, 0.2) is 60.8 Å². The van der Waals surface area contributed by atoms with Crippen LogP contribution >= 0.6 is 0 Å². The van der Waals surface area contributed by atoms with E-state index >= 15 is 0 Å². The molecule has 2 aromatic carbocycles. The van der Waals surface area contributed by atoms with E-state index in [1.165, 1.54) is 5.56 Å². The molecule has 1 atom stereocenters. The number of benzene rings is 2. The lowest BCUT2D eigenvalue weighted by atomic mass is 10.0. The van der Waals surface area contributed by atoms with Gasteiger partial charge < -0.3 is 5.32 Å². The monoisotopic (exact) mass is 287 g/mol. The summed E-state index contributed by atoms with van der Waals surface area (Å²) >= 11 is 0. The van der Waals surface area contributed by atoms with Gasteiger partial charge in [-0.2, -0.15) is 5.26 Å². The summed E-state index contributed by atoms with van der Waals surface area (Å²) < 4.78 is 0. The average Bonchev–Trinajstić information content (AvgIpc) is 2.60. The van der Waals surface area contributed by atoms with E-state index in [4.69, 9.17) is 0 Å². The fourth-order valence-electron chi connectivity index (χ4n) is 2.66. The Hall–Kier alpha value is -2.86. The van der Waals surface area contributed by atoms with Gasteiger partial charge in [-0.1, -0.05) is 55.5 Å². The zero-order valence-corrected chi connectivity index (χ0v) is 12.5. The minimum Gasteiger partial charge on any atom is -0.377 e. The molecule has 3 heteroatoms. The van der Waals surface area contributed by atoms with Crippen molar-refractivity contribution in [3.05, 3.63) is 71.9 Å². The summed E-state index contributed by atoms with van der Waals surface area (Å²) in [6.07, 6.45) is 2.58. The molecule has 0 bridgehead atoms. The molecule has 0 aliphatic rings. The molecular weight excluding hydrogens is 270 g/mol. The summed E-state index contributed by atoms with van der Waals surface area (Å²) in [4.78, 5) is 4.36. The summed E-state index contributed by atoms with van der Waals surface area (Å²) in [6.45, 7) is 2.14. The summed E-state index contributed by atoms with van der Waals surface area (Å²) in [7, 11) is 0. The average molecular weight is 287 g/mol. The Kier molecular flexibility index (Phi) is 4.02. The number of nitrogens with zero attached hydrogens (tertiary/aromatic N) is 2. The van der Waals surface area contributed by atoms with Gasteiger partial charge >= 0.3 is 0 Å². The largest absolute Gasteiger partial charge is 0.377 e. The summed E-state index contributed by atoms with van der Waals surface area (Å²) in [5.41, 5.74) is 3.55. The van der Waals surface area contributed by atoms with Crippen molar-refractivity contribution in [1.82, 2.24) is 4.98 Å². The van der Waals surface area contributed by atoms with E-state index in [-0.39, 0.29) is 6.04 Å². The Morgan fingerprint density at radius 2 is 1.82 bits per heavy atom. The zero-order valence-electron chi connectivity index (χ0n) is 12.5. The molecule has 1 N–H and O–H groups in total. The smallest absolute Gasteiger partial charge is 0.103 e. The molecule has 0 saturated heterocycles. The summed E-state index contributed by atoms with van der Waals surface area (Å²) in [6, 6.07) is 20.6. The van der Waals surface area contributed by atoms with Gasteiger partial charge in [-0.25, -0.2) is 0 Å². The SMILES string of the molecule is CC[C@@H](Nc1c(C#N)cnc2ccccc12)c1ccccc1. The van der Waals surface area contributed by atoms with E-state index in [1.54, 1.807) is 6.20 Å². The third-order valence-electron chi connectivity index (χ3n) is 3.82. The molecule has 1 heterocycles. The number of anilines is 1. The first-order valence-corrected chi connectivity index (χ1v) is 7.42.